The van der Waals surface area contributed by atoms with Crippen LogP contribution in [0.5, 0.6) is 0 Å². The number of nitrogens with one attached hydrogen (secondary N) is 1. The van der Waals surface area contributed by atoms with Gasteiger partial charge in [0.2, 0.25) is 0 Å². The van der Waals surface area contributed by atoms with Crippen LogP contribution in [0.15, 0.2) is 0 Å². The Morgan fingerprint density at radius 3 is 2.47 bits per heavy atom. The van der Waals surface area contributed by atoms with E-state index < -0.39 is 5.30 Å². The predicted molar refractivity (Wildman–Crippen MR) is 64.4 cm³/mol. The highest BCUT2D eigenvalue weighted by Crippen LogP contribution is 2.20. The van der Waals surface area contributed by atoms with Crippen LogP contribution < -0.4 is 5.32 Å². The highest BCUT2D eigenvalue weighted by Gasteiger charge is 2.16. The molecule has 0 aromatic heterocycles. The standard InChI is InChI=1S/C11H21NO2S/c1-12-9-5-2-3-7-10(8-4-6-9)14-11(13)15/h9-10,12H,2-8H2,1H3,(H,13,15). The van der Waals surface area contributed by atoms with Crippen LogP contribution in [0.4, 0.5) is 4.79 Å². The second-order valence-electron chi connectivity index (χ2n) is 4.21. The molecule has 3 nitrogen and oxygen atoms in total. The molecule has 15 heavy (non-hydrogen) atoms. The largest absolute Gasteiger partial charge is 0.454 e. The molecule has 2 unspecified atom stereocenters. The second kappa shape index (κ2) is 7.12. The van der Waals surface area contributed by atoms with E-state index in [4.69, 9.17) is 4.74 Å². The number of hydrogen-bond acceptors (Lipinski definition) is 3. The summed E-state index contributed by atoms with van der Waals surface area (Å²) in [4.78, 5) is 10.7. The van der Waals surface area contributed by atoms with Crippen LogP contribution in [0.25, 0.3) is 0 Å². The van der Waals surface area contributed by atoms with Crippen LogP contribution in [-0.4, -0.2) is 24.5 Å². The van der Waals surface area contributed by atoms with Crippen molar-refractivity contribution in [3.63, 3.8) is 0 Å². The summed E-state index contributed by atoms with van der Waals surface area (Å²) in [6.07, 6.45) is 7.95. The van der Waals surface area contributed by atoms with Crippen LogP contribution >= 0.6 is 12.6 Å². The first-order valence-electron chi connectivity index (χ1n) is 5.79. The predicted octanol–water partition coefficient (Wildman–Crippen LogP) is 2.75. The van der Waals surface area contributed by atoms with Gasteiger partial charge in [0.15, 0.2) is 0 Å². The van der Waals surface area contributed by atoms with Crippen molar-refractivity contribution < 1.29 is 9.53 Å². The topological polar surface area (TPSA) is 38.3 Å². The molecule has 1 fully saturated rings. The van der Waals surface area contributed by atoms with Gasteiger partial charge in [-0.1, -0.05) is 19.0 Å². The summed E-state index contributed by atoms with van der Waals surface area (Å²) < 4.78 is 5.16. The van der Waals surface area contributed by atoms with Crippen molar-refractivity contribution in [3.05, 3.63) is 0 Å². The molecule has 0 aromatic carbocycles. The molecule has 1 saturated carbocycles. The zero-order valence-electron chi connectivity index (χ0n) is 9.37. The SMILES string of the molecule is CNC1CCCCC(OC(=O)S)CCC1. The van der Waals surface area contributed by atoms with Crippen molar-refractivity contribution in [1.82, 2.24) is 5.32 Å². The van der Waals surface area contributed by atoms with E-state index in [1.54, 1.807) is 0 Å². The highest BCUT2D eigenvalue weighted by molar-refractivity contribution is 7.96. The van der Waals surface area contributed by atoms with Crippen LogP contribution in [0.2, 0.25) is 0 Å². The van der Waals surface area contributed by atoms with Crippen molar-refractivity contribution in [2.75, 3.05) is 7.05 Å². The van der Waals surface area contributed by atoms with E-state index in [1.165, 1.54) is 19.3 Å². The van der Waals surface area contributed by atoms with Crippen molar-refractivity contribution in [3.8, 4) is 0 Å². The van der Waals surface area contributed by atoms with Crippen molar-refractivity contribution in [2.24, 2.45) is 0 Å². The lowest BCUT2D eigenvalue weighted by Crippen LogP contribution is -2.24. The third-order valence-corrected chi connectivity index (χ3v) is 3.19. The maximum Gasteiger partial charge on any atom is 0.364 e. The third-order valence-electron chi connectivity index (χ3n) is 3.08. The molecule has 1 N–H and O–H groups in total. The van der Waals surface area contributed by atoms with E-state index in [1.807, 2.05) is 7.05 Å². The second-order valence-corrected chi connectivity index (χ2v) is 4.57. The smallest absolute Gasteiger partial charge is 0.364 e. The molecular weight excluding hydrogens is 210 g/mol. The first-order valence-corrected chi connectivity index (χ1v) is 6.24. The Balaban J connectivity index is 2.34. The van der Waals surface area contributed by atoms with Crippen molar-refractivity contribution in [1.29, 1.82) is 0 Å². The van der Waals surface area contributed by atoms with Gasteiger partial charge in [-0.05, 0) is 45.6 Å². The lowest BCUT2D eigenvalue weighted by atomic mass is 10.1. The fourth-order valence-electron chi connectivity index (χ4n) is 2.19. The molecule has 0 radical (unpaired) electrons. The summed E-state index contributed by atoms with van der Waals surface area (Å²) in [5.74, 6) is 0. The Hall–Kier alpha value is -0.220. The summed E-state index contributed by atoms with van der Waals surface area (Å²) >= 11 is 3.66. The number of rotatable bonds is 2. The molecule has 2 atom stereocenters. The fraction of sp³-hybridized carbons (Fsp3) is 0.909. The van der Waals surface area contributed by atoms with Crippen LogP contribution in [-0.2, 0) is 4.74 Å². The van der Waals surface area contributed by atoms with Gasteiger partial charge in [-0.15, -0.1) is 0 Å². The van der Waals surface area contributed by atoms with Gasteiger partial charge in [0.25, 0.3) is 0 Å². The van der Waals surface area contributed by atoms with Crippen molar-refractivity contribution in [2.45, 2.75) is 57.1 Å². The molecule has 0 spiro atoms. The first-order chi connectivity index (χ1) is 7.22. The molecule has 0 aromatic rings. The molecule has 0 saturated heterocycles. The molecular formula is C11H21NO2S. The van der Waals surface area contributed by atoms with Crippen LogP contribution in [0, 0.1) is 0 Å². The van der Waals surface area contributed by atoms with Gasteiger partial charge in [0.05, 0.1) is 0 Å². The molecule has 1 aliphatic carbocycles. The van der Waals surface area contributed by atoms with E-state index in [0.717, 1.165) is 25.7 Å². The maximum atomic E-state index is 10.7. The monoisotopic (exact) mass is 231 g/mol. The van der Waals surface area contributed by atoms with Gasteiger partial charge >= 0.3 is 5.30 Å². The number of hydrogen-bond donors (Lipinski definition) is 2. The Kier molecular flexibility index (Phi) is 6.10. The minimum atomic E-state index is -0.440. The number of carbonyl (C=O) groups excluding carboxylic acids is 1. The third kappa shape index (κ3) is 5.42. The molecule has 0 bridgehead atoms. The summed E-state index contributed by atoms with van der Waals surface area (Å²) in [6, 6.07) is 0.635. The van der Waals surface area contributed by atoms with Gasteiger partial charge in [0, 0.05) is 6.04 Å². The summed E-state index contributed by atoms with van der Waals surface area (Å²) in [5, 5.41) is 2.89. The van der Waals surface area contributed by atoms with Gasteiger partial charge < -0.3 is 10.1 Å². The molecule has 88 valence electrons. The fourth-order valence-corrected chi connectivity index (χ4v) is 2.34. The minimum absolute atomic E-state index is 0.0885. The average Bonchev–Trinajstić information content (AvgIpc) is 2.29. The normalized spacial score (nSPS) is 28.7. The highest BCUT2D eigenvalue weighted by atomic mass is 32.1. The van der Waals surface area contributed by atoms with E-state index in [2.05, 4.69) is 17.9 Å². The van der Waals surface area contributed by atoms with Gasteiger partial charge in [0.1, 0.15) is 6.10 Å². The first kappa shape index (κ1) is 12.8. The summed E-state index contributed by atoms with van der Waals surface area (Å²) in [5.41, 5.74) is 0. The van der Waals surface area contributed by atoms with Gasteiger partial charge in [-0.25, -0.2) is 4.79 Å². The molecule has 4 heteroatoms. The Morgan fingerprint density at radius 1 is 1.20 bits per heavy atom. The zero-order chi connectivity index (χ0) is 11.1. The van der Waals surface area contributed by atoms with Crippen LogP contribution in [0.3, 0.4) is 0 Å². The number of thiol groups is 1. The summed E-state index contributed by atoms with van der Waals surface area (Å²) in [7, 11) is 2.02. The quantitative estimate of drug-likeness (QED) is 0.567. The van der Waals surface area contributed by atoms with E-state index >= 15 is 0 Å². The van der Waals surface area contributed by atoms with E-state index in [9.17, 15) is 4.79 Å². The average molecular weight is 231 g/mol. The van der Waals surface area contributed by atoms with Gasteiger partial charge in [-0.3, -0.25) is 0 Å². The van der Waals surface area contributed by atoms with E-state index in [-0.39, 0.29) is 6.10 Å². The zero-order valence-corrected chi connectivity index (χ0v) is 10.3. The molecule has 1 aliphatic rings. The van der Waals surface area contributed by atoms with Crippen LogP contribution in [0.1, 0.15) is 44.9 Å². The Morgan fingerprint density at radius 2 is 1.80 bits per heavy atom. The molecule has 1 rings (SSSR count). The van der Waals surface area contributed by atoms with Crippen molar-refractivity contribution >= 4 is 17.9 Å². The molecule has 0 heterocycles. The Bertz CT molecular complexity index is 199. The minimum Gasteiger partial charge on any atom is -0.454 e. The number of ether oxygens (including phenoxy) is 1. The summed E-state index contributed by atoms with van der Waals surface area (Å²) in [6.45, 7) is 0. The molecule has 0 aliphatic heterocycles. The van der Waals surface area contributed by atoms with Gasteiger partial charge in [-0.2, -0.15) is 0 Å². The lowest BCUT2D eigenvalue weighted by Gasteiger charge is -2.15. The van der Waals surface area contributed by atoms with E-state index in [0.29, 0.717) is 6.04 Å². The maximum absolute atomic E-state index is 10.7. The Labute approximate surface area is 97.4 Å². The lowest BCUT2D eigenvalue weighted by molar-refractivity contribution is 0.109. The number of carbonyl (C=O) groups is 1. The molecule has 0 amide bonds.